The highest BCUT2D eigenvalue weighted by molar-refractivity contribution is 5.83. The summed E-state index contributed by atoms with van der Waals surface area (Å²) in [5, 5.41) is 0. The largest absolute Gasteiger partial charge is 0.367 e. The number of aromatic nitrogens is 2. The van der Waals surface area contributed by atoms with Gasteiger partial charge in [-0.25, -0.2) is 4.98 Å². The Hall–Kier alpha value is -1.92. The van der Waals surface area contributed by atoms with E-state index in [1.165, 1.54) is 0 Å². The van der Waals surface area contributed by atoms with Gasteiger partial charge in [-0.2, -0.15) is 0 Å². The van der Waals surface area contributed by atoms with Crippen molar-refractivity contribution in [3.63, 3.8) is 0 Å². The fourth-order valence-electron chi connectivity index (χ4n) is 2.77. The van der Waals surface area contributed by atoms with Crippen LogP contribution in [0.2, 0.25) is 0 Å². The van der Waals surface area contributed by atoms with Crippen LogP contribution in [0.5, 0.6) is 0 Å². The zero-order valence-corrected chi connectivity index (χ0v) is 12.4. The van der Waals surface area contributed by atoms with Crippen LogP contribution in [0, 0.1) is 0 Å². The summed E-state index contributed by atoms with van der Waals surface area (Å²) in [6, 6.07) is 8.05. The molecular weight excluding hydrogens is 268 g/mol. The molecule has 0 radical (unpaired) electrons. The number of imidazole rings is 1. The predicted molar refractivity (Wildman–Crippen MR) is 79.5 cm³/mol. The van der Waals surface area contributed by atoms with Gasteiger partial charge < -0.3 is 15.0 Å². The average Bonchev–Trinajstić information content (AvgIpc) is 2.76. The van der Waals surface area contributed by atoms with Crippen molar-refractivity contribution in [2.24, 2.45) is 12.8 Å². The lowest BCUT2D eigenvalue weighted by Gasteiger charge is -2.38. The Labute approximate surface area is 123 Å². The normalized spacial score (nSPS) is 23.5. The van der Waals surface area contributed by atoms with Crippen LogP contribution in [0.25, 0.3) is 11.0 Å². The van der Waals surface area contributed by atoms with E-state index in [-0.39, 0.29) is 0 Å². The summed E-state index contributed by atoms with van der Waals surface area (Å²) in [4.78, 5) is 18.4. The van der Waals surface area contributed by atoms with E-state index in [2.05, 4.69) is 20.5 Å². The van der Waals surface area contributed by atoms with Crippen molar-refractivity contribution in [2.75, 3.05) is 19.7 Å². The van der Waals surface area contributed by atoms with E-state index in [9.17, 15) is 4.79 Å². The van der Waals surface area contributed by atoms with Gasteiger partial charge in [-0.3, -0.25) is 9.69 Å². The lowest BCUT2D eigenvalue weighted by Crippen LogP contribution is -2.56. The number of ether oxygens (including phenoxy) is 1. The summed E-state index contributed by atoms with van der Waals surface area (Å²) in [5.41, 5.74) is 6.62. The molecule has 0 saturated carbocycles. The maximum atomic E-state index is 11.5. The lowest BCUT2D eigenvalue weighted by atomic mass is 10.0. The number of amides is 1. The van der Waals surface area contributed by atoms with E-state index in [1.807, 2.05) is 25.2 Å². The number of carbonyl (C=O) groups excluding carboxylic acids is 1. The zero-order valence-electron chi connectivity index (χ0n) is 12.4. The molecule has 1 fully saturated rings. The Kier molecular flexibility index (Phi) is 3.43. The van der Waals surface area contributed by atoms with Crippen LogP contribution >= 0.6 is 0 Å². The molecule has 2 heterocycles. The van der Waals surface area contributed by atoms with Crippen molar-refractivity contribution < 1.29 is 9.53 Å². The van der Waals surface area contributed by atoms with Crippen molar-refractivity contribution >= 4 is 16.9 Å². The number of hydrogen-bond acceptors (Lipinski definition) is 4. The number of para-hydroxylation sites is 2. The molecule has 2 aromatic rings. The molecule has 1 aromatic heterocycles. The number of primary amides is 1. The van der Waals surface area contributed by atoms with Crippen LogP contribution in [-0.4, -0.2) is 45.7 Å². The van der Waals surface area contributed by atoms with Crippen LogP contribution in [0.4, 0.5) is 0 Å². The molecular formula is C15H20N4O2. The highest BCUT2D eigenvalue weighted by Crippen LogP contribution is 2.20. The first kappa shape index (κ1) is 14.0. The third-order valence-corrected chi connectivity index (χ3v) is 4.12. The van der Waals surface area contributed by atoms with Gasteiger partial charge in [0.25, 0.3) is 5.91 Å². The molecule has 3 rings (SSSR count). The SMILES string of the molecule is Cn1c(CN2CCO[C@](C)(C(N)=O)C2)nc2ccccc21. The topological polar surface area (TPSA) is 73.4 Å². The standard InChI is InChI=1S/C15H20N4O2/c1-15(14(16)20)10-19(7-8-21-15)9-13-17-11-5-3-4-6-12(11)18(13)2/h3-6H,7-10H2,1-2H3,(H2,16,20)/t15-/m0/s1. The molecule has 2 N–H and O–H groups in total. The number of carbonyl (C=O) groups is 1. The number of nitrogens with two attached hydrogens (primary N) is 1. The van der Waals surface area contributed by atoms with Gasteiger partial charge in [0.15, 0.2) is 5.60 Å². The second kappa shape index (κ2) is 5.13. The van der Waals surface area contributed by atoms with Crippen molar-refractivity contribution in [3.05, 3.63) is 30.1 Å². The molecule has 112 valence electrons. The Morgan fingerprint density at radius 3 is 2.95 bits per heavy atom. The Balaban J connectivity index is 1.82. The number of benzene rings is 1. The monoisotopic (exact) mass is 288 g/mol. The molecule has 6 nitrogen and oxygen atoms in total. The lowest BCUT2D eigenvalue weighted by molar-refractivity contribution is -0.153. The highest BCUT2D eigenvalue weighted by atomic mass is 16.5. The smallest absolute Gasteiger partial charge is 0.250 e. The number of aryl methyl sites for hydroxylation is 1. The molecule has 0 spiro atoms. The number of nitrogens with zero attached hydrogens (tertiary/aromatic N) is 3. The second-order valence-electron chi connectivity index (χ2n) is 5.73. The fraction of sp³-hybridized carbons (Fsp3) is 0.467. The summed E-state index contributed by atoms with van der Waals surface area (Å²) in [7, 11) is 2.01. The molecule has 1 amide bonds. The van der Waals surface area contributed by atoms with Gasteiger partial charge in [0, 0.05) is 20.1 Å². The summed E-state index contributed by atoms with van der Waals surface area (Å²) < 4.78 is 7.63. The molecule has 0 unspecified atom stereocenters. The molecule has 1 atom stereocenters. The number of hydrogen-bond donors (Lipinski definition) is 1. The van der Waals surface area contributed by atoms with E-state index >= 15 is 0 Å². The highest BCUT2D eigenvalue weighted by Gasteiger charge is 2.37. The Morgan fingerprint density at radius 1 is 1.48 bits per heavy atom. The first-order chi connectivity index (χ1) is 9.99. The molecule has 0 aliphatic carbocycles. The van der Waals surface area contributed by atoms with Gasteiger partial charge in [-0.1, -0.05) is 12.1 Å². The van der Waals surface area contributed by atoms with Crippen LogP contribution in [0.1, 0.15) is 12.7 Å². The van der Waals surface area contributed by atoms with E-state index in [0.29, 0.717) is 19.7 Å². The molecule has 1 aliphatic rings. The van der Waals surface area contributed by atoms with Gasteiger partial charge in [0.2, 0.25) is 0 Å². The van der Waals surface area contributed by atoms with Crippen LogP contribution in [0.15, 0.2) is 24.3 Å². The number of fused-ring (bicyclic) bond motifs is 1. The van der Waals surface area contributed by atoms with Crippen LogP contribution in [0.3, 0.4) is 0 Å². The van der Waals surface area contributed by atoms with Gasteiger partial charge in [0.1, 0.15) is 5.82 Å². The predicted octanol–water partition coefficient (Wildman–Crippen LogP) is 0.650. The zero-order chi connectivity index (χ0) is 15.0. The summed E-state index contributed by atoms with van der Waals surface area (Å²) in [5.74, 6) is 0.558. The molecule has 6 heteroatoms. The van der Waals surface area contributed by atoms with E-state index < -0.39 is 11.5 Å². The van der Waals surface area contributed by atoms with Crippen LogP contribution in [-0.2, 0) is 23.1 Å². The van der Waals surface area contributed by atoms with E-state index in [0.717, 1.165) is 23.4 Å². The van der Waals surface area contributed by atoms with Gasteiger partial charge in [-0.15, -0.1) is 0 Å². The summed E-state index contributed by atoms with van der Waals surface area (Å²) in [6.45, 7) is 4.19. The van der Waals surface area contributed by atoms with Gasteiger partial charge in [-0.05, 0) is 19.1 Å². The third-order valence-electron chi connectivity index (χ3n) is 4.12. The minimum atomic E-state index is -0.914. The first-order valence-corrected chi connectivity index (χ1v) is 7.06. The third kappa shape index (κ3) is 2.52. The molecule has 1 aromatic carbocycles. The van der Waals surface area contributed by atoms with Crippen molar-refractivity contribution in [1.29, 1.82) is 0 Å². The number of rotatable bonds is 3. The molecule has 1 saturated heterocycles. The minimum Gasteiger partial charge on any atom is -0.367 e. The van der Waals surface area contributed by atoms with Crippen molar-refractivity contribution in [2.45, 2.75) is 19.1 Å². The van der Waals surface area contributed by atoms with Crippen molar-refractivity contribution in [3.8, 4) is 0 Å². The Bertz CT molecular complexity index is 681. The molecule has 0 bridgehead atoms. The van der Waals surface area contributed by atoms with Gasteiger partial charge in [0.05, 0.1) is 24.2 Å². The molecule has 1 aliphatic heterocycles. The van der Waals surface area contributed by atoms with Crippen molar-refractivity contribution in [1.82, 2.24) is 14.5 Å². The maximum Gasteiger partial charge on any atom is 0.250 e. The van der Waals surface area contributed by atoms with Crippen LogP contribution < -0.4 is 5.73 Å². The Morgan fingerprint density at radius 2 is 2.24 bits per heavy atom. The number of morpholine rings is 1. The second-order valence-corrected chi connectivity index (χ2v) is 5.73. The summed E-state index contributed by atoms with van der Waals surface area (Å²) in [6.07, 6.45) is 0. The van der Waals surface area contributed by atoms with E-state index in [4.69, 9.17) is 10.5 Å². The average molecular weight is 288 g/mol. The molecule has 21 heavy (non-hydrogen) atoms. The minimum absolute atomic E-state index is 0.419. The first-order valence-electron chi connectivity index (χ1n) is 7.06. The quantitative estimate of drug-likeness (QED) is 0.900. The maximum absolute atomic E-state index is 11.5. The van der Waals surface area contributed by atoms with Gasteiger partial charge >= 0.3 is 0 Å². The van der Waals surface area contributed by atoms with E-state index in [1.54, 1.807) is 6.92 Å². The fourth-order valence-corrected chi connectivity index (χ4v) is 2.77. The summed E-state index contributed by atoms with van der Waals surface area (Å²) >= 11 is 0.